The summed E-state index contributed by atoms with van der Waals surface area (Å²) in [6.07, 6.45) is -4.75. The van der Waals surface area contributed by atoms with E-state index < -0.39 is 28.4 Å². The normalized spacial score (nSPS) is 11.4. The lowest BCUT2D eigenvalue weighted by Gasteiger charge is -2.13. The zero-order valence-corrected chi connectivity index (χ0v) is 10.7. The molecule has 2 aromatic rings. The number of alkyl halides is 3. The Kier molecular flexibility index (Phi) is 3.67. The highest BCUT2D eigenvalue weighted by molar-refractivity contribution is 6.33. The van der Waals surface area contributed by atoms with Crippen LogP contribution >= 0.6 is 11.6 Å². The van der Waals surface area contributed by atoms with Gasteiger partial charge in [-0.1, -0.05) is 41.9 Å². The number of amides is 1. The van der Waals surface area contributed by atoms with Crippen LogP contribution in [-0.2, 0) is 6.18 Å². The summed E-state index contributed by atoms with van der Waals surface area (Å²) in [5, 5.41) is -0.564. The van der Waals surface area contributed by atoms with Gasteiger partial charge < -0.3 is 5.73 Å². The van der Waals surface area contributed by atoms with Gasteiger partial charge in [0.25, 0.3) is 5.91 Å². The number of halogens is 4. The number of hydrogen-bond acceptors (Lipinski definition) is 2. The maximum absolute atomic E-state index is 13.0. The second kappa shape index (κ2) is 5.13. The zero-order chi connectivity index (χ0) is 14.9. The number of benzene rings is 1. The molecule has 0 saturated carbocycles. The molecule has 0 bridgehead atoms. The smallest absolute Gasteiger partial charge is 0.365 e. The molecule has 1 aromatic carbocycles. The van der Waals surface area contributed by atoms with E-state index in [0.29, 0.717) is 5.56 Å². The van der Waals surface area contributed by atoms with Crippen molar-refractivity contribution in [1.82, 2.24) is 4.98 Å². The van der Waals surface area contributed by atoms with Crippen LogP contribution in [0.1, 0.15) is 15.9 Å². The molecule has 20 heavy (non-hydrogen) atoms. The van der Waals surface area contributed by atoms with E-state index in [0.717, 1.165) is 6.07 Å². The maximum Gasteiger partial charge on any atom is 0.417 e. The Hall–Kier alpha value is -2.08. The average Bonchev–Trinajstić information content (AvgIpc) is 2.37. The highest BCUT2D eigenvalue weighted by atomic mass is 35.5. The van der Waals surface area contributed by atoms with Crippen LogP contribution in [-0.4, -0.2) is 10.9 Å². The van der Waals surface area contributed by atoms with Gasteiger partial charge >= 0.3 is 6.18 Å². The highest BCUT2D eigenvalue weighted by Crippen LogP contribution is 2.36. The van der Waals surface area contributed by atoms with Crippen molar-refractivity contribution < 1.29 is 18.0 Å². The van der Waals surface area contributed by atoms with Crippen molar-refractivity contribution in [2.24, 2.45) is 5.73 Å². The molecule has 0 radical (unpaired) electrons. The fourth-order valence-corrected chi connectivity index (χ4v) is 2.01. The van der Waals surface area contributed by atoms with Crippen molar-refractivity contribution in [3.05, 3.63) is 52.7 Å². The van der Waals surface area contributed by atoms with Gasteiger partial charge in [-0.3, -0.25) is 4.79 Å². The third kappa shape index (κ3) is 2.75. The number of aromatic nitrogens is 1. The van der Waals surface area contributed by atoms with Gasteiger partial charge in [-0.2, -0.15) is 13.2 Å². The van der Waals surface area contributed by atoms with Crippen LogP contribution in [0.15, 0.2) is 36.4 Å². The van der Waals surface area contributed by atoms with Crippen molar-refractivity contribution >= 4 is 17.5 Å². The Bertz CT molecular complexity index is 657. The Morgan fingerprint density at radius 1 is 1.20 bits per heavy atom. The van der Waals surface area contributed by atoms with Crippen LogP contribution in [0.4, 0.5) is 13.2 Å². The van der Waals surface area contributed by atoms with Gasteiger partial charge in [-0.15, -0.1) is 0 Å². The number of rotatable bonds is 2. The van der Waals surface area contributed by atoms with Crippen molar-refractivity contribution in [2.45, 2.75) is 6.18 Å². The molecule has 0 fully saturated rings. The summed E-state index contributed by atoms with van der Waals surface area (Å²) in [6.45, 7) is 0. The maximum atomic E-state index is 13.0. The second-order valence-corrected chi connectivity index (χ2v) is 4.31. The minimum absolute atomic E-state index is 0.0212. The first-order chi connectivity index (χ1) is 9.30. The SMILES string of the molecule is NC(=O)c1c(C(F)(F)F)cc(-c2ccccc2)nc1Cl. The standard InChI is InChI=1S/C13H8ClF3N2O/c14-11-10(12(18)20)8(13(15,16)17)6-9(19-11)7-4-2-1-3-5-7/h1-6H,(H2,18,20). The minimum atomic E-state index is -4.75. The number of pyridine rings is 1. The van der Waals surface area contributed by atoms with Crippen LogP contribution < -0.4 is 5.73 Å². The van der Waals surface area contributed by atoms with E-state index in [-0.39, 0.29) is 5.69 Å². The molecule has 1 aromatic heterocycles. The first kappa shape index (κ1) is 14.3. The summed E-state index contributed by atoms with van der Waals surface area (Å²) in [6, 6.07) is 8.96. The Morgan fingerprint density at radius 3 is 2.30 bits per heavy atom. The lowest BCUT2D eigenvalue weighted by molar-refractivity contribution is -0.137. The molecular formula is C13H8ClF3N2O. The number of nitrogens with zero attached hydrogens (tertiary/aromatic N) is 1. The molecule has 0 unspecified atom stereocenters. The Balaban J connectivity index is 2.71. The van der Waals surface area contributed by atoms with Crippen molar-refractivity contribution in [2.75, 3.05) is 0 Å². The molecule has 0 spiro atoms. The predicted octanol–water partition coefficient (Wildman–Crippen LogP) is 3.52. The van der Waals surface area contributed by atoms with Crippen molar-refractivity contribution in [3.8, 4) is 11.3 Å². The van der Waals surface area contributed by atoms with E-state index >= 15 is 0 Å². The molecule has 7 heteroatoms. The van der Waals surface area contributed by atoms with Crippen LogP contribution in [0.3, 0.4) is 0 Å². The second-order valence-electron chi connectivity index (χ2n) is 3.95. The van der Waals surface area contributed by atoms with Crippen molar-refractivity contribution in [3.63, 3.8) is 0 Å². The van der Waals surface area contributed by atoms with E-state index in [4.69, 9.17) is 17.3 Å². The summed E-state index contributed by atoms with van der Waals surface area (Å²) in [4.78, 5) is 14.9. The van der Waals surface area contributed by atoms with Gasteiger partial charge in [0.1, 0.15) is 5.15 Å². The average molecular weight is 301 g/mol. The van der Waals surface area contributed by atoms with E-state index in [2.05, 4.69) is 4.98 Å². The van der Waals surface area contributed by atoms with Crippen molar-refractivity contribution in [1.29, 1.82) is 0 Å². The number of primary amides is 1. The first-order valence-electron chi connectivity index (χ1n) is 5.43. The molecule has 2 N–H and O–H groups in total. The Labute approximate surface area is 117 Å². The van der Waals surface area contributed by atoms with E-state index in [9.17, 15) is 18.0 Å². The summed E-state index contributed by atoms with van der Waals surface area (Å²) >= 11 is 5.67. The Morgan fingerprint density at radius 2 is 1.80 bits per heavy atom. The third-order valence-corrected chi connectivity index (χ3v) is 2.87. The largest absolute Gasteiger partial charge is 0.417 e. The lowest BCUT2D eigenvalue weighted by Crippen LogP contribution is -2.20. The fourth-order valence-electron chi connectivity index (χ4n) is 1.73. The quantitative estimate of drug-likeness (QED) is 0.863. The summed E-state index contributed by atoms with van der Waals surface area (Å²) < 4.78 is 39.0. The van der Waals surface area contributed by atoms with Gasteiger partial charge in [0, 0.05) is 5.56 Å². The van der Waals surface area contributed by atoms with Crippen LogP contribution in [0.2, 0.25) is 5.15 Å². The van der Waals surface area contributed by atoms with Gasteiger partial charge in [0.2, 0.25) is 0 Å². The molecule has 0 aliphatic carbocycles. The predicted molar refractivity (Wildman–Crippen MR) is 68.2 cm³/mol. The van der Waals surface area contributed by atoms with Gasteiger partial charge in [-0.25, -0.2) is 4.98 Å². The lowest BCUT2D eigenvalue weighted by atomic mass is 10.0. The van der Waals surface area contributed by atoms with E-state index in [1.54, 1.807) is 30.3 Å². The van der Waals surface area contributed by atoms with Crippen LogP contribution in [0.25, 0.3) is 11.3 Å². The minimum Gasteiger partial charge on any atom is -0.365 e. The summed E-state index contributed by atoms with van der Waals surface area (Å²) in [7, 11) is 0. The molecule has 3 nitrogen and oxygen atoms in total. The fraction of sp³-hybridized carbons (Fsp3) is 0.0769. The molecular weight excluding hydrogens is 293 g/mol. The van der Waals surface area contributed by atoms with Crippen LogP contribution in [0.5, 0.6) is 0 Å². The zero-order valence-electron chi connectivity index (χ0n) is 9.91. The third-order valence-electron chi connectivity index (χ3n) is 2.60. The number of nitrogens with two attached hydrogens (primary N) is 1. The molecule has 0 aliphatic heterocycles. The van der Waals surface area contributed by atoms with E-state index in [1.807, 2.05) is 0 Å². The van der Waals surface area contributed by atoms with Gasteiger partial charge in [0.15, 0.2) is 0 Å². The molecule has 0 atom stereocenters. The molecule has 1 amide bonds. The van der Waals surface area contributed by atoms with Gasteiger partial charge in [0.05, 0.1) is 16.8 Å². The topological polar surface area (TPSA) is 56.0 Å². The summed E-state index contributed by atoms with van der Waals surface area (Å²) in [5.74, 6) is -1.27. The van der Waals surface area contributed by atoms with E-state index in [1.165, 1.54) is 0 Å². The monoisotopic (exact) mass is 300 g/mol. The molecule has 2 rings (SSSR count). The molecule has 0 aliphatic rings. The number of carbonyl (C=O) groups excluding carboxylic acids is 1. The summed E-state index contributed by atoms with van der Waals surface area (Å²) in [5.41, 5.74) is 3.40. The van der Waals surface area contributed by atoms with Crippen LogP contribution in [0, 0.1) is 0 Å². The number of carbonyl (C=O) groups is 1. The highest BCUT2D eigenvalue weighted by Gasteiger charge is 2.37. The molecule has 0 saturated heterocycles. The number of hydrogen-bond donors (Lipinski definition) is 1. The first-order valence-corrected chi connectivity index (χ1v) is 5.81. The molecule has 1 heterocycles. The van der Waals surface area contributed by atoms with Gasteiger partial charge in [-0.05, 0) is 6.07 Å². The molecule has 104 valence electrons.